The molecular formula is C12H19N. The standard InChI is InChI=1S/C12H19N/c1-12(9-5-6-10-12)8-4-2-3-7-11-13/h4,8H,2-3,5-7,9-10H2,1H3. The molecule has 72 valence electrons. The van der Waals surface area contributed by atoms with E-state index in [4.69, 9.17) is 5.26 Å². The van der Waals surface area contributed by atoms with Crippen LogP contribution in [0.3, 0.4) is 0 Å². The molecule has 1 heteroatoms. The summed E-state index contributed by atoms with van der Waals surface area (Å²) in [5, 5.41) is 8.35. The third-order valence-corrected chi connectivity index (χ3v) is 2.93. The van der Waals surface area contributed by atoms with Gasteiger partial charge < -0.3 is 0 Å². The number of nitriles is 1. The van der Waals surface area contributed by atoms with Crippen LogP contribution in [0.5, 0.6) is 0 Å². The van der Waals surface area contributed by atoms with Gasteiger partial charge in [-0.1, -0.05) is 31.9 Å². The van der Waals surface area contributed by atoms with Crippen molar-refractivity contribution in [1.82, 2.24) is 0 Å². The summed E-state index contributed by atoms with van der Waals surface area (Å²) in [5.41, 5.74) is 0.479. The summed E-state index contributed by atoms with van der Waals surface area (Å²) in [6.45, 7) is 2.35. The van der Waals surface area contributed by atoms with Gasteiger partial charge >= 0.3 is 0 Å². The van der Waals surface area contributed by atoms with Crippen LogP contribution in [-0.4, -0.2) is 0 Å². The van der Waals surface area contributed by atoms with E-state index in [0.29, 0.717) is 11.8 Å². The summed E-state index contributed by atoms with van der Waals surface area (Å²) in [5.74, 6) is 0. The predicted octanol–water partition coefficient (Wildman–Crippen LogP) is 3.82. The Kier molecular flexibility index (Phi) is 4.02. The van der Waals surface area contributed by atoms with Crippen molar-refractivity contribution in [3.63, 3.8) is 0 Å². The first kappa shape index (κ1) is 10.3. The molecule has 0 amide bonds. The topological polar surface area (TPSA) is 23.8 Å². The normalized spacial score (nSPS) is 20.6. The largest absolute Gasteiger partial charge is 0.198 e. The van der Waals surface area contributed by atoms with Gasteiger partial charge in [0.05, 0.1) is 6.07 Å². The second-order valence-corrected chi connectivity index (χ2v) is 4.31. The van der Waals surface area contributed by atoms with Crippen molar-refractivity contribution in [2.75, 3.05) is 0 Å². The van der Waals surface area contributed by atoms with Crippen LogP contribution in [-0.2, 0) is 0 Å². The first-order valence-electron chi connectivity index (χ1n) is 5.31. The highest BCUT2D eigenvalue weighted by atomic mass is 14.3. The van der Waals surface area contributed by atoms with E-state index in [9.17, 15) is 0 Å². The third-order valence-electron chi connectivity index (χ3n) is 2.93. The van der Waals surface area contributed by atoms with Crippen molar-refractivity contribution in [2.45, 2.75) is 51.9 Å². The molecule has 1 fully saturated rings. The van der Waals surface area contributed by atoms with Gasteiger partial charge in [0.25, 0.3) is 0 Å². The zero-order valence-corrected chi connectivity index (χ0v) is 8.55. The Bertz CT molecular complexity index is 204. The Balaban J connectivity index is 2.19. The highest BCUT2D eigenvalue weighted by Gasteiger charge is 2.24. The molecular weight excluding hydrogens is 158 g/mol. The van der Waals surface area contributed by atoms with Crippen LogP contribution >= 0.6 is 0 Å². The Morgan fingerprint density at radius 1 is 1.38 bits per heavy atom. The molecule has 1 aliphatic carbocycles. The van der Waals surface area contributed by atoms with E-state index in [2.05, 4.69) is 25.1 Å². The van der Waals surface area contributed by atoms with Gasteiger partial charge in [-0.2, -0.15) is 5.26 Å². The molecule has 0 aromatic carbocycles. The van der Waals surface area contributed by atoms with Gasteiger partial charge in [-0.05, 0) is 31.1 Å². The van der Waals surface area contributed by atoms with Crippen molar-refractivity contribution < 1.29 is 0 Å². The van der Waals surface area contributed by atoms with Gasteiger partial charge in [0.1, 0.15) is 0 Å². The number of hydrogen-bond acceptors (Lipinski definition) is 1. The lowest BCUT2D eigenvalue weighted by Gasteiger charge is -2.17. The summed E-state index contributed by atoms with van der Waals surface area (Å²) in [7, 11) is 0. The fourth-order valence-corrected chi connectivity index (χ4v) is 2.02. The highest BCUT2D eigenvalue weighted by molar-refractivity contribution is 4.99. The minimum Gasteiger partial charge on any atom is -0.198 e. The van der Waals surface area contributed by atoms with Crippen LogP contribution < -0.4 is 0 Å². The van der Waals surface area contributed by atoms with Gasteiger partial charge in [0.15, 0.2) is 0 Å². The van der Waals surface area contributed by atoms with E-state index in [1.807, 2.05) is 0 Å². The Morgan fingerprint density at radius 3 is 2.69 bits per heavy atom. The van der Waals surface area contributed by atoms with Crippen LogP contribution in [0.25, 0.3) is 0 Å². The maximum atomic E-state index is 8.35. The zero-order chi connectivity index (χ0) is 9.57. The molecule has 1 nitrogen and oxygen atoms in total. The molecule has 1 aliphatic rings. The maximum Gasteiger partial charge on any atom is 0.0621 e. The lowest BCUT2D eigenvalue weighted by Crippen LogP contribution is -2.05. The molecule has 0 aliphatic heterocycles. The molecule has 0 aromatic heterocycles. The number of allylic oxidation sites excluding steroid dienone is 2. The predicted molar refractivity (Wildman–Crippen MR) is 55.2 cm³/mol. The average molecular weight is 177 g/mol. The molecule has 0 spiro atoms. The van der Waals surface area contributed by atoms with Crippen molar-refractivity contribution >= 4 is 0 Å². The second kappa shape index (κ2) is 5.07. The van der Waals surface area contributed by atoms with E-state index in [1.54, 1.807) is 0 Å². The molecule has 0 N–H and O–H groups in total. The van der Waals surface area contributed by atoms with Crippen molar-refractivity contribution in [3.8, 4) is 6.07 Å². The van der Waals surface area contributed by atoms with Crippen LogP contribution in [0.15, 0.2) is 12.2 Å². The minimum absolute atomic E-state index is 0.479. The number of rotatable bonds is 4. The highest BCUT2D eigenvalue weighted by Crippen LogP contribution is 2.38. The third kappa shape index (κ3) is 3.63. The molecule has 0 heterocycles. The summed E-state index contributed by atoms with van der Waals surface area (Å²) >= 11 is 0. The molecule has 0 saturated heterocycles. The number of hydrogen-bond donors (Lipinski definition) is 0. The van der Waals surface area contributed by atoms with Gasteiger partial charge in [-0.25, -0.2) is 0 Å². The van der Waals surface area contributed by atoms with Crippen molar-refractivity contribution in [3.05, 3.63) is 12.2 Å². The molecule has 0 bridgehead atoms. The first-order chi connectivity index (χ1) is 6.27. The lowest BCUT2D eigenvalue weighted by atomic mass is 9.88. The molecule has 0 atom stereocenters. The Hall–Kier alpha value is -0.770. The monoisotopic (exact) mass is 177 g/mol. The van der Waals surface area contributed by atoms with Gasteiger partial charge in [-0.15, -0.1) is 0 Å². The molecule has 0 aromatic rings. The van der Waals surface area contributed by atoms with Crippen molar-refractivity contribution in [1.29, 1.82) is 5.26 Å². The number of unbranched alkanes of at least 4 members (excludes halogenated alkanes) is 2. The Morgan fingerprint density at radius 2 is 2.08 bits per heavy atom. The summed E-state index contributed by atoms with van der Waals surface area (Å²) < 4.78 is 0. The van der Waals surface area contributed by atoms with Gasteiger partial charge in [-0.3, -0.25) is 0 Å². The Labute approximate surface area is 81.5 Å². The lowest BCUT2D eigenvalue weighted by molar-refractivity contribution is 0.445. The molecule has 1 saturated carbocycles. The smallest absolute Gasteiger partial charge is 0.0621 e. The van der Waals surface area contributed by atoms with Gasteiger partial charge in [0, 0.05) is 6.42 Å². The van der Waals surface area contributed by atoms with E-state index >= 15 is 0 Å². The molecule has 13 heavy (non-hydrogen) atoms. The fraction of sp³-hybridized carbons (Fsp3) is 0.750. The minimum atomic E-state index is 0.479. The molecule has 0 unspecified atom stereocenters. The summed E-state index contributed by atoms with van der Waals surface area (Å²) in [4.78, 5) is 0. The zero-order valence-electron chi connectivity index (χ0n) is 8.55. The maximum absolute atomic E-state index is 8.35. The first-order valence-corrected chi connectivity index (χ1v) is 5.31. The molecule has 0 radical (unpaired) electrons. The van der Waals surface area contributed by atoms with Crippen LogP contribution in [0.2, 0.25) is 0 Å². The summed E-state index contributed by atoms with van der Waals surface area (Å²) in [6.07, 6.45) is 12.9. The van der Waals surface area contributed by atoms with E-state index in [1.165, 1.54) is 25.7 Å². The van der Waals surface area contributed by atoms with Crippen LogP contribution in [0.4, 0.5) is 0 Å². The average Bonchev–Trinajstić information content (AvgIpc) is 2.53. The van der Waals surface area contributed by atoms with Crippen molar-refractivity contribution in [2.24, 2.45) is 5.41 Å². The second-order valence-electron chi connectivity index (χ2n) is 4.31. The SMILES string of the molecule is CC1(C=CCCCC#N)CCCC1. The fourth-order valence-electron chi connectivity index (χ4n) is 2.02. The quantitative estimate of drug-likeness (QED) is 0.473. The van der Waals surface area contributed by atoms with E-state index in [0.717, 1.165) is 12.8 Å². The van der Waals surface area contributed by atoms with E-state index in [-0.39, 0.29) is 0 Å². The van der Waals surface area contributed by atoms with E-state index < -0.39 is 0 Å². The number of nitrogens with zero attached hydrogens (tertiary/aromatic N) is 1. The summed E-state index contributed by atoms with van der Waals surface area (Å²) in [6, 6.07) is 2.17. The van der Waals surface area contributed by atoms with Crippen LogP contribution in [0, 0.1) is 16.7 Å². The van der Waals surface area contributed by atoms with Crippen LogP contribution in [0.1, 0.15) is 51.9 Å². The van der Waals surface area contributed by atoms with Gasteiger partial charge in [0.2, 0.25) is 0 Å². The molecule has 1 rings (SSSR count).